The van der Waals surface area contributed by atoms with Gasteiger partial charge in [0.2, 0.25) is 5.91 Å². The molecule has 2 aromatic heterocycles. The van der Waals surface area contributed by atoms with E-state index in [1.807, 2.05) is 4.90 Å². The number of hydrogen-bond donors (Lipinski definition) is 1. The average Bonchev–Trinajstić information content (AvgIpc) is 3.18. The van der Waals surface area contributed by atoms with Gasteiger partial charge >= 0.3 is 0 Å². The number of amides is 1. The molecule has 3 heterocycles. The minimum absolute atomic E-state index is 0.0383. The van der Waals surface area contributed by atoms with Crippen molar-refractivity contribution in [3.63, 3.8) is 0 Å². The molecule has 24 heavy (non-hydrogen) atoms. The molecule has 0 aliphatic carbocycles. The number of H-pyrrole nitrogens is 1. The van der Waals surface area contributed by atoms with Gasteiger partial charge in [-0.2, -0.15) is 10.2 Å². The van der Waals surface area contributed by atoms with E-state index >= 15 is 0 Å². The Morgan fingerprint density at radius 1 is 1.46 bits per heavy atom. The van der Waals surface area contributed by atoms with Gasteiger partial charge in [0, 0.05) is 31.7 Å². The first-order chi connectivity index (χ1) is 11.4. The highest BCUT2D eigenvalue weighted by Gasteiger charge is 2.26. The molecule has 2 aromatic rings. The topological polar surface area (TPSA) is 101 Å². The number of aromatic amines is 1. The molecule has 0 aromatic carbocycles. The molecule has 8 nitrogen and oxygen atoms in total. The number of piperidine rings is 1. The lowest BCUT2D eigenvalue weighted by atomic mass is 9.93. The van der Waals surface area contributed by atoms with Crippen LogP contribution in [0.15, 0.2) is 29.6 Å². The highest BCUT2D eigenvalue weighted by atomic mass is 32.2. The molecule has 1 fully saturated rings. The van der Waals surface area contributed by atoms with Crippen molar-refractivity contribution >= 4 is 15.7 Å². The first-order valence-corrected chi connectivity index (χ1v) is 9.80. The molecule has 130 valence electrons. The van der Waals surface area contributed by atoms with Crippen LogP contribution in [0.5, 0.6) is 0 Å². The number of hydrogen-bond acceptors (Lipinski definition) is 5. The lowest BCUT2D eigenvalue weighted by molar-refractivity contribution is -0.133. The van der Waals surface area contributed by atoms with Crippen LogP contribution in [0.25, 0.3) is 0 Å². The van der Waals surface area contributed by atoms with E-state index in [0.717, 1.165) is 19.4 Å². The summed E-state index contributed by atoms with van der Waals surface area (Å²) in [7, 11) is -3.29. The van der Waals surface area contributed by atoms with E-state index in [9.17, 15) is 13.2 Å². The third kappa shape index (κ3) is 3.84. The van der Waals surface area contributed by atoms with Gasteiger partial charge in [-0.25, -0.2) is 8.42 Å². The van der Waals surface area contributed by atoms with Gasteiger partial charge in [0.05, 0.1) is 11.9 Å². The fourth-order valence-corrected chi connectivity index (χ4v) is 3.97. The minimum atomic E-state index is -3.29. The van der Waals surface area contributed by atoms with Crippen LogP contribution in [0.3, 0.4) is 0 Å². The molecular formula is C15H21N5O3S. The maximum Gasteiger partial charge on any atom is 0.244 e. The second kappa shape index (κ2) is 6.76. The standard InChI is InChI=1S/C15H21N5O3S/c1-24(22,23)14-9-16-18-13(14)8-12-4-2-6-19(10-12)15(21)11-20-7-3-5-17-20/h3,5,7,9,12H,2,4,6,8,10-11H2,1H3,(H,16,18). The summed E-state index contributed by atoms with van der Waals surface area (Å²) in [5.41, 5.74) is 0.629. The van der Waals surface area contributed by atoms with Gasteiger partial charge in [0.1, 0.15) is 11.4 Å². The summed E-state index contributed by atoms with van der Waals surface area (Å²) < 4.78 is 25.2. The molecule has 1 saturated heterocycles. The van der Waals surface area contributed by atoms with Gasteiger partial charge in [0.15, 0.2) is 9.84 Å². The third-order valence-electron chi connectivity index (χ3n) is 4.30. The zero-order chi connectivity index (χ0) is 17.2. The Morgan fingerprint density at radius 3 is 3.00 bits per heavy atom. The molecule has 1 amide bonds. The van der Waals surface area contributed by atoms with Crippen LogP contribution in [0.1, 0.15) is 18.5 Å². The molecule has 0 radical (unpaired) electrons. The van der Waals surface area contributed by atoms with Crippen LogP contribution < -0.4 is 0 Å². The van der Waals surface area contributed by atoms with Crippen molar-refractivity contribution in [1.29, 1.82) is 0 Å². The van der Waals surface area contributed by atoms with E-state index in [2.05, 4.69) is 15.3 Å². The second-order valence-electron chi connectivity index (χ2n) is 6.24. The Hall–Kier alpha value is -2.16. The van der Waals surface area contributed by atoms with E-state index in [0.29, 0.717) is 18.7 Å². The van der Waals surface area contributed by atoms with Crippen molar-refractivity contribution in [2.75, 3.05) is 19.3 Å². The maximum atomic E-state index is 12.4. The van der Waals surface area contributed by atoms with E-state index in [4.69, 9.17) is 0 Å². The van der Waals surface area contributed by atoms with Gasteiger partial charge < -0.3 is 4.90 Å². The van der Waals surface area contributed by atoms with Gasteiger partial charge in [-0.15, -0.1) is 0 Å². The summed E-state index contributed by atoms with van der Waals surface area (Å²) in [5.74, 6) is 0.262. The fraction of sp³-hybridized carbons (Fsp3) is 0.533. The van der Waals surface area contributed by atoms with Crippen molar-refractivity contribution in [2.45, 2.75) is 30.7 Å². The Morgan fingerprint density at radius 2 is 2.29 bits per heavy atom. The lowest BCUT2D eigenvalue weighted by Gasteiger charge is -2.32. The number of likely N-dealkylation sites (tertiary alicyclic amines) is 1. The molecule has 1 aliphatic rings. The first-order valence-electron chi connectivity index (χ1n) is 7.91. The summed E-state index contributed by atoms with van der Waals surface area (Å²) in [6.45, 7) is 1.60. The first kappa shape index (κ1) is 16.7. The highest BCUT2D eigenvalue weighted by Crippen LogP contribution is 2.23. The molecule has 3 rings (SSSR count). The molecule has 1 atom stereocenters. The van der Waals surface area contributed by atoms with E-state index in [1.165, 1.54) is 12.5 Å². The molecule has 0 spiro atoms. The number of aromatic nitrogens is 4. The van der Waals surface area contributed by atoms with Crippen LogP contribution >= 0.6 is 0 Å². The number of carbonyl (C=O) groups excluding carboxylic acids is 1. The van der Waals surface area contributed by atoms with Crippen LogP contribution in [0.2, 0.25) is 0 Å². The summed E-state index contributed by atoms with van der Waals surface area (Å²) >= 11 is 0. The van der Waals surface area contributed by atoms with Crippen LogP contribution in [-0.2, 0) is 27.6 Å². The number of nitrogens with one attached hydrogen (secondary N) is 1. The number of rotatable bonds is 5. The van der Waals surface area contributed by atoms with Crippen LogP contribution in [-0.4, -0.2) is 58.5 Å². The van der Waals surface area contributed by atoms with Crippen molar-refractivity contribution in [2.24, 2.45) is 5.92 Å². The third-order valence-corrected chi connectivity index (χ3v) is 5.45. The average molecular weight is 351 g/mol. The van der Waals surface area contributed by atoms with Gasteiger partial charge in [-0.05, 0) is 31.2 Å². The molecular weight excluding hydrogens is 330 g/mol. The second-order valence-corrected chi connectivity index (χ2v) is 8.22. The smallest absolute Gasteiger partial charge is 0.244 e. The highest BCUT2D eigenvalue weighted by molar-refractivity contribution is 7.90. The zero-order valence-corrected chi connectivity index (χ0v) is 14.4. The summed E-state index contributed by atoms with van der Waals surface area (Å²) in [5, 5.41) is 10.7. The lowest BCUT2D eigenvalue weighted by Crippen LogP contribution is -2.42. The minimum Gasteiger partial charge on any atom is -0.341 e. The Balaban J connectivity index is 1.64. The summed E-state index contributed by atoms with van der Waals surface area (Å²) in [4.78, 5) is 14.5. The molecule has 9 heteroatoms. The predicted octanol–water partition coefficient (Wildman–Crippen LogP) is 0.491. The Labute approximate surface area is 140 Å². The summed E-state index contributed by atoms with van der Waals surface area (Å²) in [6.07, 6.45) is 8.41. The molecule has 0 bridgehead atoms. The van der Waals surface area contributed by atoms with E-state index in [-0.39, 0.29) is 23.3 Å². The number of carbonyl (C=O) groups is 1. The van der Waals surface area contributed by atoms with Crippen LogP contribution in [0, 0.1) is 5.92 Å². The van der Waals surface area contributed by atoms with Crippen molar-refractivity contribution in [3.8, 4) is 0 Å². The maximum absolute atomic E-state index is 12.4. The number of sulfone groups is 1. The van der Waals surface area contributed by atoms with E-state index in [1.54, 1.807) is 23.1 Å². The monoisotopic (exact) mass is 351 g/mol. The Bertz CT molecular complexity index is 797. The van der Waals surface area contributed by atoms with Gasteiger partial charge in [-0.3, -0.25) is 14.6 Å². The van der Waals surface area contributed by atoms with Gasteiger partial charge in [-0.1, -0.05) is 0 Å². The molecule has 1 aliphatic heterocycles. The van der Waals surface area contributed by atoms with Crippen molar-refractivity contribution in [1.82, 2.24) is 24.9 Å². The molecule has 0 saturated carbocycles. The van der Waals surface area contributed by atoms with Crippen molar-refractivity contribution in [3.05, 3.63) is 30.4 Å². The van der Waals surface area contributed by atoms with Crippen LogP contribution in [0.4, 0.5) is 0 Å². The Kier molecular flexibility index (Phi) is 4.70. The number of nitrogens with zero attached hydrogens (tertiary/aromatic N) is 4. The van der Waals surface area contributed by atoms with Gasteiger partial charge in [0.25, 0.3) is 0 Å². The molecule has 1 N–H and O–H groups in total. The quantitative estimate of drug-likeness (QED) is 0.845. The normalized spacial score (nSPS) is 18.7. The van der Waals surface area contributed by atoms with E-state index < -0.39 is 9.84 Å². The predicted molar refractivity (Wildman–Crippen MR) is 86.9 cm³/mol. The molecule has 1 unspecified atom stereocenters. The fourth-order valence-electron chi connectivity index (χ4n) is 3.15. The van der Waals surface area contributed by atoms with Crippen molar-refractivity contribution < 1.29 is 13.2 Å². The zero-order valence-electron chi connectivity index (χ0n) is 13.6. The largest absolute Gasteiger partial charge is 0.341 e. The summed E-state index contributed by atoms with van der Waals surface area (Å²) in [6, 6.07) is 1.79. The SMILES string of the molecule is CS(=O)(=O)c1cn[nH]c1CC1CCCN(C(=O)Cn2cccn2)C1.